The van der Waals surface area contributed by atoms with Crippen molar-refractivity contribution < 1.29 is 17.6 Å². The lowest BCUT2D eigenvalue weighted by Crippen LogP contribution is -2.61. The molecule has 0 spiro atoms. The number of fused-ring (bicyclic) bond motifs is 7. The summed E-state index contributed by atoms with van der Waals surface area (Å²) in [6.45, 7) is -0.210. The second kappa shape index (κ2) is 22.1. The van der Waals surface area contributed by atoms with E-state index in [0.29, 0.717) is 22.4 Å². The molecular formula is C84H52BF4N3. The largest absolute Gasteiger partial charge is 0.311 e. The Morgan fingerprint density at radius 2 is 0.587 bits per heavy atom. The number of benzene rings is 14. The first-order valence-electron chi connectivity index (χ1n) is 30.8. The first-order chi connectivity index (χ1) is 45.2. The Kier molecular flexibility index (Phi) is 13.1. The summed E-state index contributed by atoms with van der Waals surface area (Å²) in [4.78, 5) is 4.92. The summed E-state index contributed by atoms with van der Waals surface area (Å²) >= 11 is 0. The third-order valence-electron chi connectivity index (χ3n) is 18.4. The summed E-state index contributed by atoms with van der Waals surface area (Å²) in [6.07, 6.45) is 0. The van der Waals surface area contributed by atoms with Crippen molar-refractivity contribution in [1.29, 1.82) is 0 Å². The van der Waals surface area contributed by atoms with Crippen LogP contribution in [0.5, 0.6) is 0 Å². The van der Waals surface area contributed by atoms with Gasteiger partial charge in [-0.05, 0) is 192 Å². The molecule has 1 aromatic heterocycles. The third kappa shape index (κ3) is 9.37. The SMILES string of the molecule is Fc1cc(F)cc(-c2ccc(-n3c4ccccc4c4cc(-c5cc6c7c(c5)N(c5ccc(-c8ccccc8)cc5)c5ccc(-c8ccccc8)cc5B7c5cc(-c7ccccc7)ccc5N6c5ccc(-c6ccccc6)cc5)ccc43)c(-c3cc(F)cc(F)c3)c2)c1. The summed E-state index contributed by atoms with van der Waals surface area (Å²) in [5.74, 6) is -2.96. The zero-order valence-corrected chi connectivity index (χ0v) is 49.5. The maximum Gasteiger partial charge on any atom is 0.252 e. The molecule has 2 aliphatic heterocycles. The molecule has 8 heteroatoms. The van der Waals surface area contributed by atoms with E-state index in [9.17, 15) is 8.78 Å². The van der Waals surface area contributed by atoms with E-state index in [-0.39, 0.29) is 12.3 Å². The van der Waals surface area contributed by atoms with Crippen molar-refractivity contribution in [3.63, 3.8) is 0 Å². The van der Waals surface area contributed by atoms with Gasteiger partial charge in [0.2, 0.25) is 0 Å². The first kappa shape index (κ1) is 54.4. The summed E-state index contributed by atoms with van der Waals surface area (Å²) in [5, 5.41) is 1.91. The topological polar surface area (TPSA) is 11.4 Å². The molecule has 0 aliphatic carbocycles. The molecule has 0 radical (unpaired) electrons. The van der Waals surface area contributed by atoms with Crippen molar-refractivity contribution in [2.45, 2.75) is 0 Å². The Morgan fingerprint density at radius 3 is 1.08 bits per heavy atom. The lowest BCUT2D eigenvalue weighted by atomic mass is 9.33. The number of halogens is 4. The molecule has 0 fully saturated rings. The smallest absolute Gasteiger partial charge is 0.252 e. The number of nitrogens with zero attached hydrogens (tertiary/aromatic N) is 3. The van der Waals surface area contributed by atoms with Gasteiger partial charge in [0.25, 0.3) is 6.71 Å². The van der Waals surface area contributed by atoms with Gasteiger partial charge in [-0.1, -0.05) is 200 Å². The fourth-order valence-electron chi connectivity index (χ4n) is 14.2. The Balaban J connectivity index is 0.922. The molecule has 0 atom stereocenters. The molecule has 0 N–H and O–H groups in total. The molecule has 0 amide bonds. The Bertz CT molecular complexity index is 5150. The number of rotatable bonds is 10. The predicted molar refractivity (Wildman–Crippen MR) is 373 cm³/mol. The Morgan fingerprint density at radius 1 is 0.228 bits per heavy atom. The van der Waals surface area contributed by atoms with Crippen molar-refractivity contribution in [2.75, 3.05) is 9.80 Å². The molecule has 3 nitrogen and oxygen atoms in total. The lowest BCUT2D eigenvalue weighted by molar-refractivity contribution is 0.583. The van der Waals surface area contributed by atoms with Crippen LogP contribution >= 0.6 is 0 Å². The molecule has 434 valence electrons. The van der Waals surface area contributed by atoms with Gasteiger partial charge in [-0.2, -0.15) is 0 Å². The highest BCUT2D eigenvalue weighted by atomic mass is 19.1. The number of anilines is 6. The standard InChI is InChI=1S/C84H52BF4N3/c86-66-41-63(42-67(87)51-66)59-29-37-78(73(45-59)65-43-68(88)52-69(89)44-65)92-77-24-14-13-23-72(77)74-46-60(30-38-79(74)92)64-49-82-84-83(50-64)91(71-35-27-58(28-36-71)54-17-7-2-8-18-54)81-40-32-62(56-21-11-4-12-22-56)48-76(81)85(84)75-47-61(55-19-9-3-10-20-55)31-39-80(75)90(82)70-33-25-57(26-34-70)53-15-5-1-6-16-53/h1-52H. The van der Waals surface area contributed by atoms with Gasteiger partial charge in [0.05, 0.1) is 16.7 Å². The lowest BCUT2D eigenvalue weighted by Gasteiger charge is -2.44. The third-order valence-corrected chi connectivity index (χ3v) is 18.4. The number of hydrogen-bond donors (Lipinski definition) is 0. The van der Waals surface area contributed by atoms with Gasteiger partial charge in [0.15, 0.2) is 0 Å². The van der Waals surface area contributed by atoms with Crippen LogP contribution in [0.15, 0.2) is 315 Å². The van der Waals surface area contributed by atoms with Crippen LogP contribution in [0.25, 0.3) is 105 Å². The van der Waals surface area contributed by atoms with Gasteiger partial charge in [0, 0.05) is 62.6 Å². The van der Waals surface area contributed by atoms with Gasteiger partial charge in [-0.15, -0.1) is 0 Å². The quantitative estimate of drug-likeness (QED) is 0.0999. The van der Waals surface area contributed by atoms with Gasteiger partial charge in [0.1, 0.15) is 23.3 Å². The highest BCUT2D eigenvalue weighted by Gasteiger charge is 2.44. The molecule has 2 aliphatic rings. The minimum Gasteiger partial charge on any atom is -0.311 e. The van der Waals surface area contributed by atoms with Crippen molar-refractivity contribution >= 4 is 79.0 Å². The van der Waals surface area contributed by atoms with Gasteiger partial charge in [-0.3, -0.25) is 0 Å². The van der Waals surface area contributed by atoms with E-state index in [2.05, 4.69) is 245 Å². The number of para-hydroxylation sites is 1. The first-order valence-corrected chi connectivity index (χ1v) is 30.8. The fourth-order valence-corrected chi connectivity index (χ4v) is 14.2. The van der Waals surface area contributed by atoms with Crippen molar-refractivity contribution in [3.05, 3.63) is 339 Å². The zero-order valence-electron chi connectivity index (χ0n) is 49.5. The summed E-state index contributed by atoms with van der Waals surface area (Å²) < 4.78 is 62.5. The van der Waals surface area contributed by atoms with Crippen LogP contribution in [0.4, 0.5) is 51.7 Å². The van der Waals surface area contributed by atoms with E-state index in [4.69, 9.17) is 0 Å². The average Bonchev–Trinajstić information content (AvgIpc) is 1.03. The fraction of sp³-hybridized carbons (Fsp3) is 0. The van der Waals surface area contributed by atoms with E-state index < -0.39 is 23.3 Å². The van der Waals surface area contributed by atoms with E-state index in [1.54, 1.807) is 12.1 Å². The van der Waals surface area contributed by atoms with E-state index in [1.165, 1.54) is 40.7 Å². The Hall–Kier alpha value is -11.7. The molecule has 0 unspecified atom stereocenters. The molecule has 3 heterocycles. The summed E-state index contributed by atoms with van der Waals surface area (Å²) in [6, 6.07) is 106. The van der Waals surface area contributed by atoms with Gasteiger partial charge >= 0.3 is 0 Å². The van der Waals surface area contributed by atoms with Crippen LogP contribution in [0, 0.1) is 23.3 Å². The van der Waals surface area contributed by atoms with Crippen LogP contribution in [-0.2, 0) is 0 Å². The summed E-state index contributed by atoms with van der Waals surface area (Å²) in [5.41, 5.74) is 24.7. The molecule has 0 saturated heterocycles. The molecule has 15 aromatic rings. The van der Waals surface area contributed by atoms with Crippen LogP contribution in [0.1, 0.15) is 0 Å². The van der Waals surface area contributed by atoms with Gasteiger partial charge < -0.3 is 14.4 Å². The van der Waals surface area contributed by atoms with Crippen molar-refractivity contribution in [1.82, 2.24) is 4.57 Å². The predicted octanol–water partition coefficient (Wildman–Crippen LogP) is 21.1. The van der Waals surface area contributed by atoms with Crippen LogP contribution < -0.4 is 26.2 Å². The molecule has 0 saturated carbocycles. The molecular weight excluding hydrogens is 1140 g/mol. The maximum atomic E-state index is 15.4. The molecule has 92 heavy (non-hydrogen) atoms. The van der Waals surface area contributed by atoms with E-state index >= 15 is 8.78 Å². The summed E-state index contributed by atoms with van der Waals surface area (Å²) in [7, 11) is 0. The van der Waals surface area contributed by atoms with Crippen LogP contribution in [0.3, 0.4) is 0 Å². The van der Waals surface area contributed by atoms with Crippen molar-refractivity contribution in [3.8, 4) is 83.6 Å². The molecule has 0 bridgehead atoms. The molecule has 17 rings (SSSR count). The van der Waals surface area contributed by atoms with Gasteiger partial charge in [-0.25, -0.2) is 17.6 Å². The second-order valence-corrected chi connectivity index (χ2v) is 23.8. The Labute approximate surface area is 530 Å². The van der Waals surface area contributed by atoms with Crippen molar-refractivity contribution in [2.24, 2.45) is 0 Å². The zero-order chi connectivity index (χ0) is 61.6. The van der Waals surface area contributed by atoms with Crippen LogP contribution in [0.2, 0.25) is 0 Å². The monoisotopic (exact) mass is 1190 g/mol. The minimum absolute atomic E-state index is 0.210. The maximum absolute atomic E-state index is 15.4. The number of aromatic nitrogens is 1. The van der Waals surface area contributed by atoms with Crippen LogP contribution in [-0.4, -0.2) is 11.3 Å². The van der Waals surface area contributed by atoms with E-state index in [1.807, 2.05) is 36.4 Å². The highest BCUT2D eigenvalue weighted by Crippen LogP contribution is 2.49. The highest BCUT2D eigenvalue weighted by molar-refractivity contribution is 7.00. The normalized spacial score (nSPS) is 12.3. The minimum atomic E-state index is -0.748. The second-order valence-electron chi connectivity index (χ2n) is 23.8. The average molecular weight is 1190 g/mol. The molecule has 14 aromatic carbocycles. The van der Waals surface area contributed by atoms with E-state index in [0.717, 1.165) is 124 Å². The number of hydrogen-bond acceptors (Lipinski definition) is 2.